The Labute approximate surface area is 147 Å². The summed E-state index contributed by atoms with van der Waals surface area (Å²) >= 11 is 0. The quantitative estimate of drug-likeness (QED) is 0.395. The van der Waals surface area contributed by atoms with E-state index in [0.717, 1.165) is 10.5 Å². The zero-order valence-corrected chi connectivity index (χ0v) is 13.6. The summed E-state index contributed by atoms with van der Waals surface area (Å²) in [6.45, 7) is 1.86. The number of nitrogens with one attached hydrogen (secondary N) is 1. The molecule has 1 saturated heterocycles. The second-order valence-corrected chi connectivity index (χ2v) is 5.65. The average molecular weight is 351 g/mol. The van der Waals surface area contributed by atoms with Crippen molar-refractivity contribution < 1.29 is 19.3 Å². The van der Waals surface area contributed by atoms with Gasteiger partial charge in [-0.25, -0.2) is 9.69 Å². The van der Waals surface area contributed by atoms with Gasteiger partial charge in [0.15, 0.2) is 0 Å². The van der Waals surface area contributed by atoms with E-state index in [2.05, 4.69) is 5.32 Å². The fourth-order valence-corrected chi connectivity index (χ4v) is 2.48. The summed E-state index contributed by atoms with van der Waals surface area (Å²) in [7, 11) is 0. The van der Waals surface area contributed by atoms with E-state index in [9.17, 15) is 24.5 Å². The highest BCUT2D eigenvalue weighted by Crippen LogP contribution is 2.23. The van der Waals surface area contributed by atoms with Gasteiger partial charge in [0.25, 0.3) is 17.5 Å². The van der Waals surface area contributed by atoms with E-state index in [-0.39, 0.29) is 11.3 Å². The maximum Gasteiger partial charge on any atom is 0.335 e. The molecule has 1 aliphatic rings. The number of hydrogen-bond acceptors (Lipinski definition) is 5. The lowest BCUT2D eigenvalue weighted by atomic mass is 10.1. The van der Waals surface area contributed by atoms with Crippen molar-refractivity contribution in [1.82, 2.24) is 5.32 Å². The number of amides is 4. The van der Waals surface area contributed by atoms with Gasteiger partial charge in [0.2, 0.25) is 0 Å². The number of benzene rings is 2. The topological polar surface area (TPSA) is 110 Å². The monoisotopic (exact) mass is 351 g/mol. The van der Waals surface area contributed by atoms with E-state index in [1.165, 1.54) is 30.3 Å². The van der Waals surface area contributed by atoms with Crippen molar-refractivity contribution in [3.63, 3.8) is 0 Å². The molecule has 0 aliphatic carbocycles. The number of nitro benzene ring substituents is 1. The number of anilines is 1. The van der Waals surface area contributed by atoms with Crippen LogP contribution in [-0.4, -0.2) is 22.8 Å². The van der Waals surface area contributed by atoms with Gasteiger partial charge in [-0.15, -0.1) is 0 Å². The van der Waals surface area contributed by atoms with Gasteiger partial charge in [-0.1, -0.05) is 29.8 Å². The third-order valence-corrected chi connectivity index (χ3v) is 3.79. The molecule has 1 fully saturated rings. The molecule has 0 radical (unpaired) electrons. The number of rotatable bonds is 3. The van der Waals surface area contributed by atoms with Gasteiger partial charge in [0.1, 0.15) is 5.57 Å². The summed E-state index contributed by atoms with van der Waals surface area (Å²) in [4.78, 5) is 48.0. The van der Waals surface area contributed by atoms with Crippen LogP contribution in [0.1, 0.15) is 11.1 Å². The first kappa shape index (κ1) is 17.0. The fourth-order valence-electron chi connectivity index (χ4n) is 2.48. The molecule has 26 heavy (non-hydrogen) atoms. The van der Waals surface area contributed by atoms with E-state index in [4.69, 9.17) is 0 Å². The summed E-state index contributed by atoms with van der Waals surface area (Å²) < 4.78 is 0. The molecule has 3 rings (SSSR count). The van der Waals surface area contributed by atoms with E-state index >= 15 is 0 Å². The van der Waals surface area contributed by atoms with Gasteiger partial charge < -0.3 is 0 Å². The van der Waals surface area contributed by atoms with Crippen LogP contribution in [0.2, 0.25) is 0 Å². The summed E-state index contributed by atoms with van der Waals surface area (Å²) in [5.74, 6) is -1.65. The summed E-state index contributed by atoms with van der Waals surface area (Å²) in [5.41, 5.74) is 1.11. The molecule has 130 valence electrons. The van der Waals surface area contributed by atoms with Crippen LogP contribution in [0.3, 0.4) is 0 Å². The molecular formula is C18H13N3O5. The molecule has 0 bridgehead atoms. The average Bonchev–Trinajstić information content (AvgIpc) is 2.60. The normalized spacial score (nSPS) is 16.0. The van der Waals surface area contributed by atoms with Crippen molar-refractivity contribution in [3.8, 4) is 0 Å². The highest BCUT2D eigenvalue weighted by Gasteiger charge is 2.36. The number of imide groups is 2. The van der Waals surface area contributed by atoms with Crippen LogP contribution in [0.25, 0.3) is 6.08 Å². The highest BCUT2D eigenvalue weighted by atomic mass is 16.6. The Kier molecular flexibility index (Phi) is 4.32. The van der Waals surface area contributed by atoms with E-state index in [1.807, 2.05) is 6.92 Å². The maximum absolute atomic E-state index is 12.7. The fraction of sp³-hybridized carbons (Fsp3) is 0.0556. The number of nitro groups is 1. The second kappa shape index (κ2) is 6.60. The standard InChI is InChI=1S/C18H13N3O5/c1-11-5-7-13(8-6-11)20-17(23)15(16(22)19-18(20)24)10-12-3-2-4-14(9-12)21(25)26/h2-10H,1H3,(H,19,22,24)/b15-10+. The number of hydrogen-bond donors (Lipinski definition) is 1. The molecular weight excluding hydrogens is 338 g/mol. The SMILES string of the molecule is Cc1ccc(N2C(=O)NC(=O)/C(=C\c3cccc([N+](=O)[O-])c3)C2=O)cc1. The molecule has 8 heteroatoms. The van der Waals surface area contributed by atoms with Crippen LogP contribution in [0.4, 0.5) is 16.2 Å². The lowest BCUT2D eigenvalue weighted by molar-refractivity contribution is -0.384. The smallest absolute Gasteiger partial charge is 0.273 e. The zero-order chi connectivity index (χ0) is 18.8. The first-order chi connectivity index (χ1) is 12.4. The molecule has 1 aliphatic heterocycles. The number of carbonyl (C=O) groups excluding carboxylic acids is 3. The molecule has 0 aromatic heterocycles. The predicted molar refractivity (Wildman–Crippen MR) is 93.3 cm³/mol. The Morgan fingerprint density at radius 2 is 1.77 bits per heavy atom. The van der Waals surface area contributed by atoms with Crippen LogP contribution < -0.4 is 10.2 Å². The van der Waals surface area contributed by atoms with Crippen molar-refractivity contribution in [3.05, 3.63) is 75.3 Å². The van der Waals surface area contributed by atoms with Gasteiger partial charge in [-0.3, -0.25) is 25.0 Å². The highest BCUT2D eigenvalue weighted by molar-refractivity contribution is 6.39. The first-order valence-electron chi connectivity index (χ1n) is 7.59. The summed E-state index contributed by atoms with van der Waals surface area (Å²) in [6.07, 6.45) is 1.22. The number of aryl methyl sites for hydroxylation is 1. The molecule has 2 aromatic rings. The minimum absolute atomic E-state index is 0.172. The maximum atomic E-state index is 12.7. The van der Waals surface area contributed by atoms with Crippen LogP contribution in [0, 0.1) is 17.0 Å². The molecule has 4 amide bonds. The number of barbiturate groups is 1. The van der Waals surface area contributed by atoms with E-state index in [1.54, 1.807) is 24.3 Å². The number of carbonyl (C=O) groups is 3. The van der Waals surface area contributed by atoms with Crippen molar-refractivity contribution in [2.75, 3.05) is 4.90 Å². The Morgan fingerprint density at radius 1 is 1.08 bits per heavy atom. The molecule has 0 spiro atoms. The molecule has 0 saturated carbocycles. The van der Waals surface area contributed by atoms with Gasteiger partial charge in [-0.05, 0) is 30.7 Å². The molecule has 1 N–H and O–H groups in total. The largest absolute Gasteiger partial charge is 0.335 e. The van der Waals surface area contributed by atoms with E-state index < -0.39 is 22.8 Å². The molecule has 8 nitrogen and oxygen atoms in total. The summed E-state index contributed by atoms with van der Waals surface area (Å²) in [6, 6.07) is 11.3. The molecule has 1 heterocycles. The Balaban J connectivity index is 2.01. The van der Waals surface area contributed by atoms with Crippen molar-refractivity contribution in [2.45, 2.75) is 6.92 Å². The van der Waals surface area contributed by atoms with Gasteiger partial charge in [0, 0.05) is 12.1 Å². The van der Waals surface area contributed by atoms with Gasteiger partial charge in [0.05, 0.1) is 10.6 Å². The Bertz CT molecular complexity index is 963. The second-order valence-electron chi connectivity index (χ2n) is 5.65. The minimum atomic E-state index is -0.852. The molecule has 0 atom stereocenters. The number of non-ortho nitro benzene ring substituents is 1. The summed E-state index contributed by atoms with van der Waals surface area (Å²) in [5, 5.41) is 13.0. The molecule has 0 unspecified atom stereocenters. The van der Waals surface area contributed by atoms with Gasteiger partial charge >= 0.3 is 6.03 Å². The van der Waals surface area contributed by atoms with Crippen molar-refractivity contribution in [1.29, 1.82) is 0 Å². The van der Waals surface area contributed by atoms with Crippen molar-refractivity contribution in [2.24, 2.45) is 0 Å². The minimum Gasteiger partial charge on any atom is -0.273 e. The zero-order valence-electron chi connectivity index (χ0n) is 13.6. The van der Waals surface area contributed by atoms with Crippen molar-refractivity contribution >= 4 is 35.3 Å². The predicted octanol–water partition coefficient (Wildman–Crippen LogP) is 2.57. The van der Waals surface area contributed by atoms with Crippen LogP contribution in [-0.2, 0) is 9.59 Å². The number of nitrogens with zero attached hydrogens (tertiary/aromatic N) is 2. The van der Waals surface area contributed by atoms with Crippen LogP contribution in [0.15, 0.2) is 54.1 Å². The first-order valence-corrected chi connectivity index (χ1v) is 7.59. The van der Waals surface area contributed by atoms with Crippen LogP contribution >= 0.6 is 0 Å². The lowest BCUT2D eigenvalue weighted by Crippen LogP contribution is -2.54. The number of urea groups is 1. The third-order valence-electron chi connectivity index (χ3n) is 3.79. The lowest BCUT2D eigenvalue weighted by Gasteiger charge is -2.26. The van der Waals surface area contributed by atoms with Gasteiger partial charge in [-0.2, -0.15) is 0 Å². The third kappa shape index (κ3) is 3.20. The van der Waals surface area contributed by atoms with E-state index in [0.29, 0.717) is 11.3 Å². The Morgan fingerprint density at radius 3 is 2.42 bits per heavy atom. The Hall–Kier alpha value is -3.81. The molecule has 2 aromatic carbocycles. The van der Waals surface area contributed by atoms with Crippen LogP contribution in [0.5, 0.6) is 0 Å².